The predicted octanol–water partition coefficient (Wildman–Crippen LogP) is -6.30. The van der Waals surface area contributed by atoms with Crippen molar-refractivity contribution in [2.45, 2.75) is 90.0 Å². The molecule has 5 heterocycles. The van der Waals surface area contributed by atoms with Crippen LogP contribution < -0.4 is 49.3 Å². The smallest absolute Gasteiger partial charge is 0.310 e. The van der Waals surface area contributed by atoms with E-state index in [2.05, 4.69) is 25.3 Å². The lowest BCUT2D eigenvalue weighted by Crippen LogP contribution is -3.00. The lowest BCUT2D eigenvalue weighted by atomic mass is 9.92. The summed E-state index contributed by atoms with van der Waals surface area (Å²) in [5.74, 6) is -4.08. The van der Waals surface area contributed by atoms with E-state index in [1.165, 1.54) is 49.8 Å². The van der Waals surface area contributed by atoms with Gasteiger partial charge in [-0.15, -0.1) is 0 Å². The minimum absolute atomic E-state index is 0. The Morgan fingerprint density at radius 3 is 1.67 bits per heavy atom. The normalized spacial score (nSPS) is 16.2. The number of aromatic amines is 2. The van der Waals surface area contributed by atoms with Gasteiger partial charge in [0.05, 0.1) is 89.8 Å². The average Bonchev–Trinajstić information content (AvgIpc) is 4.06. The summed E-state index contributed by atoms with van der Waals surface area (Å²) in [6.45, 7) is -1.12. The Hall–Kier alpha value is -6.42. The summed E-state index contributed by atoms with van der Waals surface area (Å²) in [6, 6.07) is 0. The van der Waals surface area contributed by atoms with Gasteiger partial charge in [-0.3, -0.25) is 38.4 Å². The van der Waals surface area contributed by atoms with E-state index in [1.807, 2.05) is 0 Å². The van der Waals surface area contributed by atoms with Crippen molar-refractivity contribution < 1.29 is 117 Å². The van der Waals surface area contributed by atoms with Crippen LogP contribution in [0.2, 0.25) is 0 Å². The SMILES string of the molecule is [2H]C1NC(=O)Cc2c1[nH]c(/C=C1/[NH+]=C(Cc3[nH]c(/C=C4\[NH+]=CC(CCC(=O)OC)=C4CC(=O)OC)c(CCC(=O)OC)c3CC(=O)OC)C(CCC(=O)OC)=C1CC(=O)OC)c2CCC(=O)OC.[Br-].[Br-]. The lowest BCUT2D eigenvalue weighted by Gasteiger charge is -2.13. The van der Waals surface area contributed by atoms with Crippen LogP contribution in [0.4, 0.5) is 0 Å². The number of hydrogen-bond donors (Lipinski definition) is 5. The van der Waals surface area contributed by atoms with Crippen LogP contribution in [0, 0.1) is 0 Å². The summed E-state index contributed by atoms with van der Waals surface area (Å²) in [5.41, 5.74) is 7.62. The monoisotopic (exact) mass is 1090 g/mol. The van der Waals surface area contributed by atoms with Crippen LogP contribution in [-0.4, -0.2) is 119 Å². The Balaban J connectivity index is 0.00000648. The molecule has 1 unspecified atom stereocenters. The molecule has 20 nitrogen and oxygen atoms in total. The van der Waals surface area contributed by atoms with Gasteiger partial charge in [0.25, 0.3) is 0 Å². The zero-order valence-electron chi connectivity index (χ0n) is 40.4. The fourth-order valence-corrected chi connectivity index (χ4v) is 8.10. The van der Waals surface area contributed by atoms with Crippen molar-refractivity contribution in [3.05, 3.63) is 78.7 Å². The minimum atomic E-state index is -1.12. The number of rotatable bonds is 22. The van der Waals surface area contributed by atoms with Crippen molar-refractivity contribution in [2.75, 3.05) is 49.8 Å². The molecule has 0 radical (unpaired) electrons. The molecule has 69 heavy (non-hydrogen) atoms. The number of allylic oxidation sites excluding steroid dienone is 4. The Bertz CT molecular complexity index is 2570. The number of amides is 1. The number of ether oxygens (including phenoxy) is 7. The summed E-state index contributed by atoms with van der Waals surface area (Å²) < 4.78 is 43.6. The van der Waals surface area contributed by atoms with Crippen LogP contribution in [0.3, 0.4) is 0 Å². The Labute approximate surface area is 420 Å². The van der Waals surface area contributed by atoms with Gasteiger partial charge in [0.1, 0.15) is 0 Å². The summed E-state index contributed by atoms with van der Waals surface area (Å²) in [5, 5.41) is 2.60. The summed E-state index contributed by atoms with van der Waals surface area (Å²) in [4.78, 5) is 115. The summed E-state index contributed by atoms with van der Waals surface area (Å²) in [6.07, 6.45) is 4.84. The van der Waals surface area contributed by atoms with E-state index in [4.69, 9.17) is 34.5 Å². The molecule has 1 amide bonds. The number of fused-ring (bicyclic) bond motifs is 1. The molecule has 2 aromatic heterocycles. The fourth-order valence-electron chi connectivity index (χ4n) is 8.10. The van der Waals surface area contributed by atoms with Gasteiger partial charge in [0, 0.05) is 82.9 Å². The maximum absolute atomic E-state index is 13.2. The topological polar surface area (TPSA) is 273 Å². The molecule has 0 fully saturated rings. The highest BCUT2D eigenvalue weighted by molar-refractivity contribution is 6.02. The largest absolute Gasteiger partial charge is 1.00 e. The second kappa shape index (κ2) is 26.9. The zero-order chi connectivity index (χ0) is 49.7. The summed E-state index contributed by atoms with van der Waals surface area (Å²) >= 11 is 0. The molecule has 2 aromatic rings. The third kappa shape index (κ3) is 14.8. The van der Waals surface area contributed by atoms with Crippen molar-refractivity contribution in [1.29, 1.82) is 0 Å². The standard InChI is InChI=1S/C47H55N5O15.2BrH/c1-61-41(54)12-8-25-23-48-33(29(25)17-45(58)65-5)20-34-27(10-14-43(56)63-3)31(18-46(59)66-6)37(50-34)21-35-28(11-15-44(57)64-4)32(19-47(60)67-7)38(51-35)22-36-26(9-13-42(55)62-2)30-16-40(53)49-24-39(30)52-36;;/h20,22-23,50,52H,8-19,21,24H2,1-7H3,(H,49,53);2*1H/b33-20-,38-22+;;/i24D;;. The van der Waals surface area contributed by atoms with Gasteiger partial charge >= 0.3 is 41.8 Å². The number of H-pyrrole nitrogens is 2. The van der Waals surface area contributed by atoms with Gasteiger partial charge < -0.3 is 82.4 Å². The van der Waals surface area contributed by atoms with Gasteiger partial charge in [0.2, 0.25) is 17.3 Å². The molecule has 0 saturated carbocycles. The highest BCUT2D eigenvalue weighted by Gasteiger charge is 2.36. The highest BCUT2D eigenvalue weighted by Crippen LogP contribution is 2.33. The Kier molecular flexibility index (Phi) is 21.5. The van der Waals surface area contributed by atoms with Crippen molar-refractivity contribution in [2.24, 2.45) is 0 Å². The van der Waals surface area contributed by atoms with Crippen molar-refractivity contribution >= 4 is 71.8 Å². The molecule has 0 saturated heterocycles. The second-order valence-electron chi connectivity index (χ2n) is 15.5. The van der Waals surface area contributed by atoms with Gasteiger partial charge in [-0.1, -0.05) is 0 Å². The van der Waals surface area contributed by atoms with Gasteiger partial charge in [-0.2, -0.15) is 0 Å². The molecular formula is C47H57Br2N5O15. The molecule has 0 aromatic carbocycles. The van der Waals surface area contributed by atoms with E-state index in [0.29, 0.717) is 84.4 Å². The van der Waals surface area contributed by atoms with Gasteiger partial charge in [-0.05, 0) is 47.9 Å². The Morgan fingerprint density at radius 1 is 0.594 bits per heavy atom. The van der Waals surface area contributed by atoms with E-state index in [1.54, 1.807) is 18.4 Å². The molecule has 3 aliphatic heterocycles. The third-order valence-corrected chi connectivity index (χ3v) is 11.6. The molecule has 374 valence electrons. The van der Waals surface area contributed by atoms with E-state index >= 15 is 0 Å². The first-order valence-electron chi connectivity index (χ1n) is 21.9. The van der Waals surface area contributed by atoms with Crippen LogP contribution in [0.1, 0.15) is 97.8 Å². The second-order valence-corrected chi connectivity index (χ2v) is 15.5. The van der Waals surface area contributed by atoms with Crippen molar-refractivity contribution in [3.63, 3.8) is 0 Å². The number of halogens is 2. The third-order valence-electron chi connectivity index (χ3n) is 11.6. The number of carbonyl (C=O) groups is 8. The maximum atomic E-state index is 13.2. The van der Waals surface area contributed by atoms with Crippen LogP contribution in [0.5, 0.6) is 0 Å². The number of hydrogen-bond acceptors (Lipinski definition) is 15. The maximum Gasteiger partial charge on any atom is 0.310 e. The Morgan fingerprint density at radius 2 is 1.09 bits per heavy atom. The minimum Gasteiger partial charge on any atom is -1.00 e. The summed E-state index contributed by atoms with van der Waals surface area (Å²) in [7, 11) is 8.81. The van der Waals surface area contributed by atoms with Crippen molar-refractivity contribution in [1.82, 2.24) is 15.3 Å². The molecular weight excluding hydrogens is 1030 g/mol. The van der Waals surface area contributed by atoms with Crippen molar-refractivity contribution in [3.8, 4) is 0 Å². The predicted molar refractivity (Wildman–Crippen MR) is 236 cm³/mol. The quantitative estimate of drug-likeness (QED) is 0.0543. The first kappa shape index (κ1) is 55.2. The van der Waals surface area contributed by atoms with E-state index in [9.17, 15) is 38.4 Å². The average molecular weight is 1090 g/mol. The number of nitrogens with one attached hydrogen (secondary N) is 5. The van der Waals surface area contributed by atoms with Crippen LogP contribution >= 0.6 is 0 Å². The van der Waals surface area contributed by atoms with Crippen LogP contribution in [0.15, 0.2) is 33.7 Å². The molecule has 5 N–H and O–H groups in total. The highest BCUT2D eigenvalue weighted by atomic mass is 79.9. The number of aromatic nitrogens is 2. The molecule has 1 atom stereocenters. The molecule has 0 bridgehead atoms. The molecule has 0 aliphatic carbocycles. The number of methoxy groups -OCH3 is 7. The fraction of sp³-hybridized carbons (Fsp3) is 0.447. The molecule has 0 spiro atoms. The van der Waals surface area contributed by atoms with Crippen LogP contribution in [-0.2, 0) is 110 Å². The molecule has 5 rings (SSSR count). The number of carbonyl (C=O) groups excluding carboxylic acids is 8. The van der Waals surface area contributed by atoms with Crippen LogP contribution in [0.25, 0.3) is 12.2 Å². The van der Waals surface area contributed by atoms with E-state index in [0.717, 1.165) is 0 Å². The zero-order valence-corrected chi connectivity index (χ0v) is 42.6. The van der Waals surface area contributed by atoms with E-state index in [-0.39, 0.29) is 123 Å². The lowest BCUT2D eigenvalue weighted by molar-refractivity contribution is -0.387. The number of esters is 7. The molecule has 3 aliphatic rings. The molecule has 22 heteroatoms. The van der Waals surface area contributed by atoms with Gasteiger partial charge in [-0.25, -0.2) is 9.98 Å². The first-order chi connectivity index (χ1) is 32.6. The van der Waals surface area contributed by atoms with Gasteiger partial charge in [0.15, 0.2) is 11.9 Å². The van der Waals surface area contributed by atoms with E-state index < -0.39 is 48.3 Å². The first-order valence-corrected chi connectivity index (χ1v) is 21.3.